The summed E-state index contributed by atoms with van der Waals surface area (Å²) in [4.78, 5) is 36.6. The maximum absolute atomic E-state index is 12.7. The van der Waals surface area contributed by atoms with Crippen LogP contribution in [0.3, 0.4) is 0 Å². The van der Waals surface area contributed by atoms with Gasteiger partial charge in [0, 0.05) is 32.9 Å². The second kappa shape index (κ2) is 9.23. The van der Waals surface area contributed by atoms with Crippen molar-refractivity contribution < 1.29 is 23.1 Å². The lowest BCUT2D eigenvalue weighted by Crippen LogP contribution is -2.06. The van der Waals surface area contributed by atoms with Gasteiger partial charge < -0.3 is 18.3 Å². The van der Waals surface area contributed by atoms with Crippen LogP contribution in [0, 0.1) is 0 Å². The number of rotatable bonds is 5. The van der Waals surface area contributed by atoms with Crippen LogP contribution in [-0.4, -0.2) is 13.1 Å². The number of benzene rings is 3. The zero-order valence-corrected chi connectivity index (χ0v) is 20.0. The molecule has 0 aliphatic rings. The topological polar surface area (TPSA) is 96.0 Å². The van der Waals surface area contributed by atoms with Crippen LogP contribution >= 0.6 is 15.9 Å². The van der Waals surface area contributed by atoms with E-state index in [1.165, 1.54) is 13.2 Å². The highest BCUT2D eigenvalue weighted by Gasteiger charge is 2.15. The molecule has 2 aromatic heterocycles. The third-order valence-electron chi connectivity index (χ3n) is 5.48. The molecule has 8 heteroatoms. The molecule has 0 aliphatic carbocycles. The molecule has 3 aromatic carbocycles. The van der Waals surface area contributed by atoms with Gasteiger partial charge in [0.15, 0.2) is 0 Å². The monoisotopic (exact) mass is 532 g/mol. The molecule has 0 saturated carbocycles. The normalized spacial score (nSPS) is 11.0. The lowest BCUT2D eigenvalue weighted by Gasteiger charge is -2.10. The fraction of sp³-hybridized carbons (Fsp3) is 0.0741. The summed E-state index contributed by atoms with van der Waals surface area (Å²) < 4.78 is 22.2. The Morgan fingerprint density at radius 2 is 1.66 bits per heavy atom. The third kappa shape index (κ3) is 4.61. The summed E-state index contributed by atoms with van der Waals surface area (Å²) in [6.07, 6.45) is 0. The number of methoxy groups -OCH3 is 1. The van der Waals surface area contributed by atoms with Crippen molar-refractivity contribution in [3.05, 3.63) is 109 Å². The zero-order valence-electron chi connectivity index (χ0n) is 18.4. The summed E-state index contributed by atoms with van der Waals surface area (Å²) in [6.45, 7) is 0.236. The molecule has 0 unspecified atom stereocenters. The van der Waals surface area contributed by atoms with E-state index in [0.29, 0.717) is 33.2 Å². The van der Waals surface area contributed by atoms with E-state index in [1.54, 1.807) is 60.7 Å². The lowest BCUT2D eigenvalue weighted by molar-refractivity contribution is 0.0600. The Balaban J connectivity index is 1.48. The first-order chi connectivity index (χ1) is 16.9. The third-order valence-corrected chi connectivity index (χ3v) is 5.97. The van der Waals surface area contributed by atoms with Gasteiger partial charge in [-0.15, -0.1) is 0 Å². The van der Waals surface area contributed by atoms with Crippen molar-refractivity contribution in [3.8, 4) is 16.9 Å². The molecule has 0 N–H and O–H groups in total. The van der Waals surface area contributed by atoms with E-state index in [9.17, 15) is 14.4 Å². The van der Waals surface area contributed by atoms with E-state index >= 15 is 0 Å². The van der Waals surface area contributed by atoms with Gasteiger partial charge in [0.05, 0.1) is 18.2 Å². The second-order valence-electron chi connectivity index (χ2n) is 7.74. The van der Waals surface area contributed by atoms with Crippen LogP contribution in [0.25, 0.3) is 33.1 Å². The Morgan fingerprint density at radius 3 is 2.43 bits per heavy atom. The van der Waals surface area contributed by atoms with Crippen molar-refractivity contribution in [3.63, 3.8) is 0 Å². The predicted octanol–water partition coefficient (Wildman–Crippen LogP) is 5.69. The minimum absolute atomic E-state index is 0.236. The van der Waals surface area contributed by atoms with E-state index in [2.05, 4.69) is 15.9 Å². The average molecular weight is 533 g/mol. The van der Waals surface area contributed by atoms with Gasteiger partial charge in [-0.1, -0.05) is 28.1 Å². The number of hydrogen-bond donors (Lipinski definition) is 0. The van der Waals surface area contributed by atoms with Crippen LogP contribution in [0.2, 0.25) is 0 Å². The molecule has 7 nitrogen and oxygen atoms in total. The van der Waals surface area contributed by atoms with Gasteiger partial charge >= 0.3 is 17.2 Å². The van der Waals surface area contributed by atoms with Gasteiger partial charge in [-0.25, -0.2) is 14.4 Å². The standard InChI is InChI=1S/C27H17BrO7/c1-32-26(30)16-4-2-15(3-5-16)14-33-19-7-8-20-21(13-25(29)34-24(20)12-19)22-11-17-10-18(28)6-9-23(17)35-27(22)31/h2-13H,14H2,1H3. The van der Waals surface area contributed by atoms with Gasteiger partial charge in [-0.2, -0.15) is 0 Å². The average Bonchev–Trinajstić information content (AvgIpc) is 2.86. The van der Waals surface area contributed by atoms with Crippen molar-refractivity contribution >= 4 is 43.8 Å². The number of carbonyl (C=O) groups excluding carboxylic acids is 1. The molecular formula is C27H17BrO7. The molecule has 0 spiro atoms. The molecule has 174 valence electrons. The van der Waals surface area contributed by atoms with Crippen LogP contribution in [-0.2, 0) is 11.3 Å². The maximum atomic E-state index is 12.7. The Kier molecular flexibility index (Phi) is 5.96. The molecule has 0 atom stereocenters. The molecule has 0 fully saturated rings. The Bertz CT molecular complexity index is 1700. The highest BCUT2D eigenvalue weighted by atomic mass is 79.9. The fourth-order valence-corrected chi connectivity index (χ4v) is 4.14. The Morgan fingerprint density at radius 1 is 0.857 bits per heavy atom. The summed E-state index contributed by atoms with van der Waals surface area (Å²) >= 11 is 3.42. The van der Waals surface area contributed by atoms with Gasteiger partial charge in [0.25, 0.3) is 0 Å². The first kappa shape index (κ1) is 22.6. The molecule has 0 radical (unpaired) electrons. The van der Waals surface area contributed by atoms with Gasteiger partial charge in [-0.05, 0) is 54.1 Å². The highest BCUT2D eigenvalue weighted by molar-refractivity contribution is 9.10. The Labute approximate surface area is 206 Å². The molecule has 0 aliphatic heterocycles. The van der Waals surface area contributed by atoms with Gasteiger partial charge in [0.2, 0.25) is 0 Å². The number of fused-ring (bicyclic) bond motifs is 2. The summed E-state index contributed by atoms with van der Waals surface area (Å²) in [6, 6.07) is 20.2. The van der Waals surface area contributed by atoms with Crippen molar-refractivity contribution in [2.24, 2.45) is 0 Å². The smallest absolute Gasteiger partial charge is 0.344 e. The molecular weight excluding hydrogens is 516 g/mol. The van der Waals surface area contributed by atoms with Crippen LogP contribution in [0.15, 0.2) is 95.7 Å². The second-order valence-corrected chi connectivity index (χ2v) is 8.66. The molecule has 35 heavy (non-hydrogen) atoms. The molecule has 2 heterocycles. The molecule has 5 aromatic rings. The number of esters is 1. The van der Waals surface area contributed by atoms with Crippen LogP contribution in [0.4, 0.5) is 0 Å². The number of halogens is 1. The van der Waals surface area contributed by atoms with Crippen molar-refractivity contribution in [2.45, 2.75) is 6.61 Å². The molecule has 0 bridgehead atoms. The van der Waals surface area contributed by atoms with Crippen LogP contribution in [0.5, 0.6) is 5.75 Å². The first-order valence-electron chi connectivity index (χ1n) is 10.5. The summed E-state index contributed by atoms with van der Waals surface area (Å²) in [7, 11) is 1.33. The maximum Gasteiger partial charge on any atom is 0.344 e. The quantitative estimate of drug-likeness (QED) is 0.211. The van der Waals surface area contributed by atoms with E-state index in [4.69, 9.17) is 18.3 Å². The number of carbonyl (C=O) groups is 1. The number of hydrogen-bond acceptors (Lipinski definition) is 7. The molecule has 0 saturated heterocycles. The summed E-state index contributed by atoms with van der Waals surface area (Å²) in [5, 5.41) is 1.29. The minimum Gasteiger partial charge on any atom is -0.489 e. The zero-order chi connectivity index (χ0) is 24.5. The Hall–Kier alpha value is -4.17. The largest absolute Gasteiger partial charge is 0.489 e. The molecule has 0 amide bonds. The van der Waals surface area contributed by atoms with E-state index < -0.39 is 17.2 Å². The van der Waals surface area contributed by atoms with Gasteiger partial charge in [0.1, 0.15) is 23.5 Å². The van der Waals surface area contributed by atoms with E-state index in [0.717, 1.165) is 10.0 Å². The van der Waals surface area contributed by atoms with Crippen molar-refractivity contribution in [1.82, 2.24) is 0 Å². The number of ether oxygens (including phenoxy) is 2. The minimum atomic E-state index is -0.600. The van der Waals surface area contributed by atoms with Crippen molar-refractivity contribution in [2.75, 3.05) is 7.11 Å². The van der Waals surface area contributed by atoms with Crippen molar-refractivity contribution in [1.29, 1.82) is 0 Å². The fourth-order valence-electron chi connectivity index (χ4n) is 3.76. The SMILES string of the molecule is COC(=O)c1ccc(COc2ccc3c(-c4cc5cc(Br)ccc5oc4=O)cc(=O)oc3c2)cc1. The lowest BCUT2D eigenvalue weighted by atomic mass is 10.0. The summed E-state index contributed by atoms with van der Waals surface area (Å²) in [5.74, 6) is 0.0650. The summed E-state index contributed by atoms with van der Waals surface area (Å²) in [5.41, 5.74) is 1.53. The van der Waals surface area contributed by atoms with Crippen LogP contribution in [0.1, 0.15) is 15.9 Å². The van der Waals surface area contributed by atoms with E-state index in [1.807, 2.05) is 6.07 Å². The highest BCUT2D eigenvalue weighted by Crippen LogP contribution is 2.30. The predicted molar refractivity (Wildman–Crippen MR) is 134 cm³/mol. The van der Waals surface area contributed by atoms with E-state index in [-0.39, 0.29) is 17.8 Å². The first-order valence-corrected chi connectivity index (χ1v) is 11.3. The van der Waals surface area contributed by atoms with Crippen LogP contribution < -0.4 is 16.0 Å². The van der Waals surface area contributed by atoms with Gasteiger partial charge in [-0.3, -0.25) is 0 Å². The molecule has 5 rings (SSSR count).